The van der Waals surface area contributed by atoms with E-state index < -0.39 is 11.8 Å². The Balaban J connectivity index is 4.73. The highest BCUT2D eigenvalue weighted by Gasteiger charge is 2.23. The molecule has 140 valence electrons. The van der Waals surface area contributed by atoms with E-state index >= 15 is 0 Å². The van der Waals surface area contributed by atoms with Gasteiger partial charge in [0.15, 0.2) is 0 Å². The first-order chi connectivity index (χ1) is 11.6. The van der Waals surface area contributed by atoms with Gasteiger partial charge in [-0.3, -0.25) is 9.59 Å². The second-order valence-corrected chi connectivity index (χ2v) is 6.03. The molecule has 6 heteroatoms. The molecular formula is C18H34N2O4. The lowest BCUT2D eigenvalue weighted by atomic mass is 10.0. The van der Waals surface area contributed by atoms with Gasteiger partial charge in [-0.05, 0) is 25.7 Å². The first-order valence-electron chi connectivity index (χ1n) is 9.02. The van der Waals surface area contributed by atoms with Gasteiger partial charge in [0.25, 0.3) is 0 Å². The van der Waals surface area contributed by atoms with Crippen molar-refractivity contribution < 1.29 is 19.8 Å². The van der Waals surface area contributed by atoms with Gasteiger partial charge in [0.1, 0.15) is 0 Å². The van der Waals surface area contributed by atoms with E-state index in [1.807, 2.05) is 6.08 Å². The smallest absolute Gasteiger partial charge is 0.230 e. The van der Waals surface area contributed by atoms with Gasteiger partial charge in [-0.25, -0.2) is 0 Å². The number of nitrogens with two attached hydrogens (primary N) is 1. The number of rotatable bonds is 15. The SMILES string of the molecule is CCCCCCC=CC(CC(N)=O)C(=O)N(CCCO)CCCO. The fourth-order valence-corrected chi connectivity index (χ4v) is 2.49. The molecule has 0 aromatic heterocycles. The number of unbranched alkanes of at least 4 members (excludes halogenated alkanes) is 4. The van der Waals surface area contributed by atoms with Crippen molar-refractivity contribution in [3.05, 3.63) is 12.2 Å². The number of carbonyl (C=O) groups excluding carboxylic acids is 2. The molecule has 0 aliphatic heterocycles. The molecule has 0 heterocycles. The zero-order chi connectivity index (χ0) is 18.2. The van der Waals surface area contributed by atoms with Gasteiger partial charge in [0, 0.05) is 32.7 Å². The maximum Gasteiger partial charge on any atom is 0.230 e. The maximum atomic E-state index is 12.7. The Labute approximate surface area is 145 Å². The minimum Gasteiger partial charge on any atom is -0.396 e. The zero-order valence-electron chi connectivity index (χ0n) is 15.0. The van der Waals surface area contributed by atoms with Crippen LogP contribution >= 0.6 is 0 Å². The van der Waals surface area contributed by atoms with Crippen molar-refractivity contribution >= 4 is 11.8 Å². The van der Waals surface area contributed by atoms with Gasteiger partial charge in [-0.2, -0.15) is 0 Å². The predicted molar refractivity (Wildman–Crippen MR) is 95.2 cm³/mol. The summed E-state index contributed by atoms with van der Waals surface area (Å²) in [5.41, 5.74) is 5.28. The molecule has 0 spiro atoms. The summed E-state index contributed by atoms with van der Waals surface area (Å²) in [6.07, 6.45) is 10.2. The number of carbonyl (C=O) groups is 2. The summed E-state index contributed by atoms with van der Waals surface area (Å²) in [5.74, 6) is -1.24. The van der Waals surface area contributed by atoms with Gasteiger partial charge in [0.05, 0.1) is 5.92 Å². The van der Waals surface area contributed by atoms with Crippen LogP contribution < -0.4 is 5.73 Å². The van der Waals surface area contributed by atoms with Gasteiger partial charge in [-0.1, -0.05) is 38.3 Å². The van der Waals surface area contributed by atoms with E-state index in [9.17, 15) is 9.59 Å². The standard InChI is InChI=1S/C18H34N2O4/c1-2-3-4-5-6-7-10-16(15-17(19)23)18(24)20(11-8-13-21)12-9-14-22/h7,10,16,21-22H,2-6,8-9,11-15H2,1H3,(H2,19,23). The van der Waals surface area contributed by atoms with E-state index in [-0.39, 0.29) is 25.5 Å². The molecule has 1 unspecified atom stereocenters. The quantitative estimate of drug-likeness (QED) is 0.310. The average molecular weight is 342 g/mol. The van der Waals surface area contributed by atoms with Crippen LogP contribution in [0.1, 0.15) is 58.3 Å². The molecule has 0 aromatic carbocycles. The van der Waals surface area contributed by atoms with E-state index in [2.05, 4.69) is 6.92 Å². The average Bonchev–Trinajstić information content (AvgIpc) is 2.56. The van der Waals surface area contributed by atoms with E-state index in [1.54, 1.807) is 11.0 Å². The Hall–Kier alpha value is -1.40. The highest BCUT2D eigenvalue weighted by atomic mass is 16.3. The Bertz CT molecular complexity index is 364. The van der Waals surface area contributed by atoms with Crippen molar-refractivity contribution in [2.24, 2.45) is 11.7 Å². The normalized spacial score (nSPS) is 12.5. The summed E-state index contributed by atoms with van der Waals surface area (Å²) in [4.78, 5) is 25.5. The van der Waals surface area contributed by atoms with Crippen molar-refractivity contribution in [2.45, 2.75) is 58.3 Å². The number of hydrogen-bond donors (Lipinski definition) is 3. The molecule has 0 aromatic rings. The monoisotopic (exact) mass is 342 g/mol. The van der Waals surface area contributed by atoms with Crippen molar-refractivity contribution in [1.29, 1.82) is 0 Å². The Morgan fingerprint density at radius 3 is 2.17 bits per heavy atom. The molecule has 0 bridgehead atoms. The van der Waals surface area contributed by atoms with Crippen LogP contribution in [-0.2, 0) is 9.59 Å². The molecular weight excluding hydrogens is 308 g/mol. The molecule has 0 rings (SSSR count). The Kier molecular flexibility index (Phi) is 14.3. The van der Waals surface area contributed by atoms with Gasteiger partial charge in [0.2, 0.25) is 11.8 Å². The fourth-order valence-electron chi connectivity index (χ4n) is 2.49. The molecule has 0 radical (unpaired) electrons. The fraction of sp³-hybridized carbons (Fsp3) is 0.778. The molecule has 0 saturated heterocycles. The summed E-state index contributed by atoms with van der Waals surface area (Å²) < 4.78 is 0. The molecule has 0 fully saturated rings. The topological polar surface area (TPSA) is 104 Å². The van der Waals surface area contributed by atoms with Crippen molar-refractivity contribution in [1.82, 2.24) is 4.90 Å². The van der Waals surface area contributed by atoms with Crippen LogP contribution in [0.3, 0.4) is 0 Å². The van der Waals surface area contributed by atoms with Crippen LogP contribution in [0.25, 0.3) is 0 Å². The lowest BCUT2D eigenvalue weighted by Gasteiger charge is -2.25. The van der Waals surface area contributed by atoms with Gasteiger partial charge >= 0.3 is 0 Å². The Morgan fingerprint density at radius 1 is 1.04 bits per heavy atom. The zero-order valence-corrected chi connectivity index (χ0v) is 15.0. The van der Waals surface area contributed by atoms with E-state index in [0.717, 1.165) is 19.3 Å². The van der Waals surface area contributed by atoms with Crippen LogP contribution in [0, 0.1) is 5.92 Å². The summed E-state index contributed by atoms with van der Waals surface area (Å²) >= 11 is 0. The number of nitrogens with zero attached hydrogens (tertiary/aromatic N) is 1. The number of primary amides is 1. The summed E-state index contributed by atoms with van der Waals surface area (Å²) in [6, 6.07) is 0. The van der Waals surface area contributed by atoms with Crippen LogP contribution in [-0.4, -0.2) is 53.2 Å². The second kappa shape index (κ2) is 15.1. The number of amides is 2. The molecule has 24 heavy (non-hydrogen) atoms. The van der Waals surface area contributed by atoms with Crippen molar-refractivity contribution in [2.75, 3.05) is 26.3 Å². The second-order valence-electron chi connectivity index (χ2n) is 6.03. The molecule has 0 aliphatic rings. The molecule has 6 nitrogen and oxygen atoms in total. The third-order valence-electron chi connectivity index (χ3n) is 3.81. The summed E-state index contributed by atoms with van der Waals surface area (Å²) in [7, 11) is 0. The molecule has 4 N–H and O–H groups in total. The van der Waals surface area contributed by atoms with E-state index in [4.69, 9.17) is 15.9 Å². The molecule has 0 aliphatic carbocycles. The van der Waals surface area contributed by atoms with Crippen LogP contribution in [0.15, 0.2) is 12.2 Å². The van der Waals surface area contributed by atoms with Gasteiger partial charge in [-0.15, -0.1) is 0 Å². The highest BCUT2D eigenvalue weighted by Crippen LogP contribution is 2.13. The number of allylic oxidation sites excluding steroid dienone is 1. The maximum absolute atomic E-state index is 12.7. The van der Waals surface area contributed by atoms with Crippen LogP contribution in [0.4, 0.5) is 0 Å². The Morgan fingerprint density at radius 2 is 1.67 bits per heavy atom. The van der Waals surface area contributed by atoms with Crippen LogP contribution in [0.2, 0.25) is 0 Å². The third kappa shape index (κ3) is 11.2. The first-order valence-corrected chi connectivity index (χ1v) is 9.02. The minimum atomic E-state index is -0.564. The summed E-state index contributed by atoms with van der Waals surface area (Å²) in [5, 5.41) is 18.0. The molecule has 1 atom stereocenters. The highest BCUT2D eigenvalue weighted by molar-refractivity contribution is 5.86. The molecule has 0 saturated carbocycles. The van der Waals surface area contributed by atoms with Crippen molar-refractivity contribution in [3.63, 3.8) is 0 Å². The first kappa shape index (κ1) is 22.6. The third-order valence-corrected chi connectivity index (χ3v) is 3.81. The molecule has 2 amide bonds. The largest absolute Gasteiger partial charge is 0.396 e. The minimum absolute atomic E-state index is 0.00331. The number of aliphatic hydroxyl groups excluding tert-OH is 2. The lowest BCUT2D eigenvalue weighted by molar-refractivity contribution is -0.136. The number of hydrogen-bond acceptors (Lipinski definition) is 4. The lowest BCUT2D eigenvalue weighted by Crippen LogP contribution is -2.39. The van der Waals surface area contributed by atoms with Crippen LogP contribution in [0.5, 0.6) is 0 Å². The van der Waals surface area contributed by atoms with Crippen molar-refractivity contribution in [3.8, 4) is 0 Å². The van der Waals surface area contributed by atoms with E-state index in [0.29, 0.717) is 25.9 Å². The van der Waals surface area contributed by atoms with Gasteiger partial charge < -0.3 is 20.8 Å². The summed E-state index contributed by atoms with van der Waals surface area (Å²) in [6.45, 7) is 2.97. The number of aliphatic hydroxyl groups is 2. The predicted octanol–water partition coefficient (Wildman–Crippen LogP) is 1.60. The van der Waals surface area contributed by atoms with E-state index in [1.165, 1.54) is 12.8 Å².